The Hall–Kier alpha value is -2.28. The molecular weight excluding hydrogens is 284 g/mol. The van der Waals surface area contributed by atoms with Crippen LogP contribution in [0.4, 0.5) is 10.5 Å². The Morgan fingerprint density at radius 2 is 2.23 bits per heavy atom. The number of anilines is 1. The van der Waals surface area contributed by atoms with Gasteiger partial charge in [-0.25, -0.2) is 4.79 Å². The standard InChI is InChI=1S/C15H22N4O3/c1-10(2)19-9-12(8-16-19)18-15(21)17-11(3)7-13(20)14-5-4-6-22-14/h4-6,8-11,13,20H,7H2,1-3H3,(H2,17,18,21)/t11-,13+/m1/s1. The molecule has 0 aromatic carbocycles. The lowest BCUT2D eigenvalue weighted by Gasteiger charge is -2.16. The Balaban J connectivity index is 1.80. The maximum Gasteiger partial charge on any atom is 0.319 e. The summed E-state index contributed by atoms with van der Waals surface area (Å²) in [7, 11) is 0. The molecule has 0 aliphatic carbocycles. The van der Waals surface area contributed by atoms with Gasteiger partial charge in [0.2, 0.25) is 0 Å². The molecule has 2 rings (SSSR count). The lowest BCUT2D eigenvalue weighted by molar-refractivity contribution is 0.130. The van der Waals surface area contributed by atoms with E-state index in [1.54, 1.807) is 29.2 Å². The van der Waals surface area contributed by atoms with E-state index in [0.29, 0.717) is 17.9 Å². The van der Waals surface area contributed by atoms with Crippen LogP contribution in [0.1, 0.15) is 45.1 Å². The zero-order valence-corrected chi connectivity index (χ0v) is 13.0. The maximum atomic E-state index is 11.9. The van der Waals surface area contributed by atoms with Crippen molar-refractivity contribution in [1.29, 1.82) is 0 Å². The van der Waals surface area contributed by atoms with E-state index in [-0.39, 0.29) is 18.1 Å². The first kappa shape index (κ1) is 16.1. The number of carbonyl (C=O) groups is 1. The Morgan fingerprint density at radius 3 is 2.82 bits per heavy atom. The predicted octanol–water partition coefficient (Wildman–Crippen LogP) is 2.69. The molecule has 2 aromatic heterocycles. The van der Waals surface area contributed by atoms with Gasteiger partial charge in [0.15, 0.2) is 0 Å². The van der Waals surface area contributed by atoms with Gasteiger partial charge in [-0.2, -0.15) is 5.10 Å². The van der Waals surface area contributed by atoms with Crippen LogP contribution in [0.3, 0.4) is 0 Å². The van der Waals surface area contributed by atoms with Crippen LogP contribution in [0.15, 0.2) is 35.2 Å². The maximum absolute atomic E-state index is 11.9. The lowest BCUT2D eigenvalue weighted by atomic mass is 10.1. The van der Waals surface area contributed by atoms with E-state index in [2.05, 4.69) is 15.7 Å². The molecule has 0 saturated heterocycles. The first-order valence-electron chi connectivity index (χ1n) is 7.29. The first-order chi connectivity index (χ1) is 10.5. The van der Waals surface area contributed by atoms with E-state index < -0.39 is 6.10 Å². The number of amides is 2. The number of carbonyl (C=O) groups excluding carboxylic acids is 1. The highest BCUT2D eigenvalue weighted by molar-refractivity contribution is 5.89. The fourth-order valence-corrected chi connectivity index (χ4v) is 2.07. The second kappa shape index (κ2) is 7.13. The molecular formula is C15H22N4O3. The molecule has 0 bridgehead atoms. The molecule has 0 radical (unpaired) electrons. The van der Waals surface area contributed by atoms with Crippen molar-refractivity contribution in [3.63, 3.8) is 0 Å². The van der Waals surface area contributed by atoms with E-state index in [4.69, 9.17) is 4.42 Å². The van der Waals surface area contributed by atoms with Crippen LogP contribution in [-0.2, 0) is 0 Å². The highest BCUT2D eigenvalue weighted by atomic mass is 16.4. The monoisotopic (exact) mass is 306 g/mol. The second-order valence-corrected chi connectivity index (χ2v) is 5.57. The van der Waals surface area contributed by atoms with Crippen molar-refractivity contribution in [2.24, 2.45) is 0 Å². The Labute approximate surface area is 129 Å². The van der Waals surface area contributed by atoms with Gasteiger partial charge in [-0.05, 0) is 32.9 Å². The normalized spacial score (nSPS) is 13.9. The number of hydrogen-bond acceptors (Lipinski definition) is 4. The van der Waals surface area contributed by atoms with Crippen LogP contribution in [0.2, 0.25) is 0 Å². The molecule has 0 fully saturated rings. The van der Waals surface area contributed by atoms with Crippen molar-refractivity contribution in [3.8, 4) is 0 Å². The van der Waals surface area contributed by atoms with Crippen molar-refractivity contribution in [1.82, 2.24) is 15.1 Å². The third-order valence-electron chi connectivity index (χ3n) is 3.21. The van der Waals surface area contributed by atoms with Gasteiger partial charge in [-0.3, -0.25) is 4.68 Å². The van der Waals surface area contributed by atoms with Crippen LogP contribution in [-0.4, -0.2) is 27.0 Å². The summed E-state index contributed by atoms with van der Waals surface area (Å²) in [6.07, 6.45) is 4.50. The molecule has 120 valence electrons. The van der Waals surface area contributed by atoms with Gasteiger partial charge in [0.1, 0.15) is 11.9 Å². The number of nitrogens with one attached hydrogen (secondary N) is 2. The zero-order chi connectivity index (χ0) is 16.1. The summed E-state index contributed by atoms with van der Waals surface area (Å²) >= 11 is 0. The van der Waals surface area contributed by atoms with Gasteiger partial charge in [0.05, 0.1) is 18.1 Å². The molecule has 7 nitrogen and oxygen atoms in total. The summed E-state index contributed by atoms with van der Waals surface area (Å²) in [4.78, 5) is 11.9. The molecule has 2 amide bonds. The van der Waals surface area contributed by atoms with Crippen LogP contribution >= 0.6 is 0 Å². The summed E-state index contributed by atoms with van der Waals surface area (Å²) in [5.41, 5.74) is 0.630. The molecule has 3 N–H and O–H groups in total. The summed E-state index contributed by atoms with van der Waals surface area (Å²) in [5, 5.41) is 19.6. The molecule has 2 heterocycles. The molecule has 0 spiro atoms. The highest BCUT2D eigenvalue weighted by Crippen LogP contribution is 2.18. The number of aliphatic hydroxyl groups is 1. The fraction of sp³-hybridized carbons (Fsp3) is 0.467. The molecule has 0 unspecified atom stereocenters. The van der Waals surface area contributed by atoms with Crippen LogP contribution < -0.4 is 10.6 Å². The summed E-state index contributed by atoms with van der Waals surface area (Å²) in [5.74, 6) is 0.493. The molecule has 0 aliphatic rings. The SMILES string of the molecule is CC(C)n1cc(NC(=O)N[C@H](C)C[C@H](O)c2ccco2)cn1. The molecule has 2 aromatic rings. The summed E-state index contributed by atoms with van der Waals surface area (Å²) in [6, 6.07) is 3.12. The van der Waals surface area contributed by atoms with Crippen molar-refractivity contribution in [2.45, 2.75) is 45.4 Å². The largest absolute Gasteiger partial charge is 0.467 e. The minimum Gasteiger partial charge on any atom is -0.467 e. The minimum atomic E-state index is -0.742. The second-order valence-electron chi connectivity index (χ2n) is 5.57. The van der Waals surface area contributed by atoms with E-state index in [0.717, 1.165) is 0 Å². The third kappa shape index (κ3) is 4.36. The predicted molar refractivity (Wildman–Crippen MR) is 82.5 cm³/mol. The number of aliphatic hydroxyl groups excluding tert-OH is 1. The van der Waals surface area contributed by atoms with E-state index in [1.165, 1.54) is 6.26 Å². The fourth-order valence-electron chi connectivity index (χ4n) is 2.07. The summed E-state index contributed by atoms with van der Waals surface area (Å²) in [6.45, 7) is 5.84. The third-order valence-corrected chi connectivity index (χ3v) is 3.21. The molecule has 0 aliphatic heterocycles. The average Bonchev–Trinajstić information content (AvgIpc) is 3.08. The molecule has 0 saturated carbocycles. The zero-order valence-electron chi connectivity index (χ0n) is 13.0. The number of urea groups is 1. The van der Waals surface area contributed by atoms with Crippen LogP contribution in [0.5, 0.6) is 0 Å². The van der Waals surface area contributed by atoms with Crippen LogP contribution in [0, 0.1) is 0 Å². The van der Waals surface area contributed by atoms with Gasteiger partial charge in [-0.1, -0.05) is 0 Å². The van der Waals surface area contributed by atoms with Crippen molar-refractivity contribution >= 4 is 11.7 Å². The van der Waals surface area contributed by atoms with Crippen LogP contribution in [0.25, 0.3) is 0 Å². The lowest BCUT2D eigenvalue weighted by Crippen LogP contribution is -2.36. The molecule has 22 heavy (non-hydrogen) atoms. The van der Waals surface area contributed by atoms with Gasteiger partial charge in [-0.15, -0.1) is 0 Å². The highest BCUT2D eigenvalue weighted by Gasteiger charge is 2.16. The quantitative estimate of drug-likeness (QED) is 0.765. The van der Waals surface area contributed by atoms with E-state index >= 15 is 0 Å². The Bertz CT molecular complexity index is 592. The smallest absolute Gasteiger partial charge is 0.319 e. The van der Waals surface area contributed by atoms with Crippen molar-refractivity contribution in [3.05, 3.63) is 36.5 Å². The Kier molecular flexibility index (Phi) is 5.21. The van der Waals surface area contributed by atoms with Gasteiger partial charge < -0.3 is 20.2 Å². The van der Waals surface area contributed by atoms with Crippen molar-refractivity contribution in [2.75, 3.05) is 5.32 Å². The number of aromatic nitrogens is 2. The number of nitrogens with zero attached hydrogens (tertiary/aromatic N) is 2. The minimum absolute atomic E-state index is 0.208. The van der Waals surface area contributed by atoms with Gasteiger partial charge in [0.25, 0.3) is 0 Å². The molecule has 2 atom stereocenters. The topological polar surface area (TPSA) is 92.3 Å². The Morgan fingerprint density at radius 1 is 1.45 bits per heavy atom. The van der Waals surface area contributed by atoms with E-state index in [9.17, 15) is 9.90 Å². The van der Waals surface area contributed by atoms with Crippen molar-refractivity contribution < 1.29 is 14.3 Å². The van der Waals surface area contributed by atoms with E-state index in [1.807, 2.05) is 20.8 Å². The average molecular weight is 306 g/mol. The first-order valence-corrected chi connectivity index (χ1v) is 7.29. The van der Waals surface area contributed by atoms with Gasteiger partial charge >= 0.3 is 6.03 Å². The summed E-state index contributed by atoms with van der Waals surface area (Å²) < 4.78 is 6.90. The number of hydrogen-bond donors (Lipinski definition) is 3. The molecule has 7 heteroatoms. The number of rotatable bonds is 6. The van der Waals surface area contributed by atoms with Gasteiger partial charge in [0, 0.05) is 24.7 Å². The number of furan rings is 1.